The van der Waals surface area contributed by atoms with Crippen molar-refractivity contribution in [1.29, 1.82) is 0 Å². The summed E-state index contributed by atoms with van der Waals surface area (Å²) >= 11 is 9.51. The molecular formula is C24H15BrClN3O6. The van der Waals surface area contributed by atoms with Crippen LogP contribution in [0.1, 0.15) is 11.1 Å². The average molecular weight is 557 g/mol. The lowest BCUT2D eigenvalue weighted by molar-refractivity contribution is -0.384. The van der Waals surface area contributed by atoms with E-state index in [0.29, 0.717) is 16.3 Å². The molecule has 35 heavy (non-hydrogen) atoms. The molecule has 9 nitrogen and oxygen atoms in total. The third-order valence-corrected chi connectivity index (χ3v) is 5.76. The molecule has 4 amide bonds. The molecule has 1 heterocycles. The van der Waals surface area contributed by atoms with Gasteiger partial charge in [0.25, 0.3) is 17.5 Å². The molecule has 0 atom stereocenters. The summed E-state index contributed by atoms with van der Waals surface area (Å²) in [7, 11) is 0. The number of nitrogens with one attached hydrogen (secondary N) is 1. The fourth-order valence-corrected chi connectivity index (χ4v) is 3.72. The number of non-ortho nitro benzene ring substituents is 1. The number of imide groups is 2. The van der Waals surface area contributed by atoms with Crippen molar-refractivity contribution in [3.05, 3.63) is 103 Å². The van der Waals surface area contributed by atoms with Gasteiger partial charge in [-0.15, -0.1) is 0 Å². The van der Waals surface area contributed by atoms with Crippen LogP contribution in [-0.4, -0.2) is 22.8 Å². The largest absolute Gasteiger partial charge is 0.488 e. The summed E-state index contributed by atoms with van der Waals surface area (Å²) in [5.41, 5.74) is 0.763. The molecule has 11 heteroatoms. The Balaban J connectivity index is 1.65. The highest BCUT2D eigenvalue weighted by Gasteiger charge is 2.37. The molecule has 0 spiro atoms. The highest BCUT2D eigenvalue weighted by Crippen LogP contribution is 2.29. The van der Waals surface area contributed by atoms with Crippen LogP contribution < -0.4 is 15.0 Å². The number of urea groups is 1. The molecule has 1 N–H and O–H groups in total. The number of anilines is 1. The van der Waals surface area contributed by atoms with E-state index < -0.39 is 22.8 Å². The van der Waals surface area contributed by atoms with E-state index in [9.17, 15) is 24.5 Å². The topological polar surface area (TPSA) is 119 Å². The van der Waals surface area contributed by atoms with Gasteiger partial charge in [0.15, 0.2) is 0 Å². The maximum atomic E-state index is 13.1. The second-order valence-corrected chi connectivity index (χ2v) is 8.68. The molecule has 4 rings (SSSR count). The molecular weight excluding hydrogens is 542 g/mol. The van der Waals surface area contributed by atoms with Crippen molar-refractivity contribution >= 4 is 62.8 Å². The standard InChI is InChI=1S/C24H15BrClN3O6/c25-16-3-1-14(2-4-16)13-35-21-10-5-17(26)11-15(21)12-20-22(30)27-24(32)28(23(20)31)18-6-8-19(9-7-18)29(33)34/h1-12H,13H2,(H,27,30,32)/b20-12+. The molecule has 0 bridgehead atoms. The van der Waals surface area contributed by atoms with Crippen LogP contribution in [0.3, 0.4) is 0 Å². The molecule has 0 unspecified atom stereocenters. The zero-order valence-corrected chi connectivity index (χ0v) is 20.1. The van der Waals surface area contributed by atoms with Gasteiger partial charge in [0.05, 0.1) is 10.6 Å². The SMILES string of the molecule is O=C1NC(=O)N(c2ccc([N+](=O)[O-])cc2)C(=O)/C1=C/c1cc(Cl)ccc1OCc1ccc(Br)cc1. The van der Waals surface area contributed by atoms with Crippen molar-refractivity contribution in [3.63, 3.8) is 0 Å². The van der Waals surface area contributed by atoms with E-state index in [1.807, 2.05) is 24.3 Å². The number of ether oxygens (including phenoxy) is 1. The number of barbiturate groups is 1. The van der Waals surface area contributed by atoms with Gasteiger partial charge >= 0.3 is 6.03 Å². The van der Waals surface area contributed by atoms with E-state index in [1.54, 1.807) is 12.1 Å². The number of rotatable bonds is 6. The van der Waals surface area contributed by atoms with Crippen molar-refractivity contribution in [2.75, 3.05) is 4.90 Å². The van der Waals surface area contributed by atoms with Crippen LogP contribution in [0.2, 0.25) is 5.02 Å². The molecule has 1 aliphatic heterocycles. The number of hydrogen-bond acceptors (Lipinski definition) is 6. The Morgan fingerprint density at radius 1 is 1.03 bits per heavy atom. The monoisotopic (exact) mass is 555 g/mol. The van der Waals surface area contributed by atoms with Crippen molar-refractivity contribution in [2.24, 2.45) is 0 Å². The lowest BCUT2D eigenvalue weighted by atomic mass is 10.1. The van der Waals surface area contributed by atoms with E-state index in [-0.39, 0.29) is 23.6 Å². The van der Waals surface area contributed by atoms with Gasteiger partial charge in [-0.3, -0.25) is 25.0 Å². The van der Waals surface area contributed by atoms with Gasteiger partial charge in [-0.25, -0.2) is 9.69 Å². The summed E-state index contributed by atoms with van der Waals surface area (Å²) in [4.78, 5) is 49.1. The maximum Gasteiger partial charge on any atom is 0.335 e. The average Bonchev–Trinajstić information content (AvgIpc) is 2.82. The number of nitrogens with zero attached hydrogens (tertiary/aromatic N) is 2. The molecule has 3 aromatic rings. The van der Waals surface area contributed by atoms with Gasteiger partial charge in [0, 0.05) is 27.2 Å². The summed E-state index contributed by atoms with van der Waals surface area (Å²) in [5.74, 6) is -1.42. The zero-order valence-electron chi connectivity index (χ0n) is 17.7. The van der Waals surface area contributed by atoms with Crippen molar-refractivity contribution in [1.82, 2.24) is 5.32 Å². The molecule has 176 valence electrons. The third kappa shape index (κ3) is 5.39. The second-order valence-electron chi connectivity index (χ2n) is 7.33. The Hall–Kier alpha value is -4.02. The van der Waals surface area contributed by atoms with Gasteiger partial charge in [-0.05, 0) is 54.1 Å². The predicted molar refractivity (Wildman–Crippen MR) is 132 cm³/mol. The Kier molecular flexibility index (Phi) is 6.94. The van der Waals surface area contributed by atoms with E-state index >= 15 is 0 Å². The zero-order chi connectivity index (χ0) is 25.1. The number of benzene rings is 3. The molecule has 0 aliphatic carbocycles. The lowest BCUT2D eigenvalue weighted by Crippen LogP contribution is -2.54. The molecule has 0 aromatic heterocycles. The lowest BCUT2D eigenvalue weighted by Gasteiger charge is -2.26. The summed E-state index contributed by atoms with van der Waals surface area (Å²) in [6.07, 6.45) is 1.28. The van der Waals surface area contributed by atoms with Crippen molar-refractivity contribution < 1.29 is 24.0 Å². The molecule has 3 aromatic carbocycles. The molecule has 0 saturated carbocycles. The Labute approximate surface area is 212 Å². The van der Waals surface area contributed by atoms with Crippen LogP contribution in [0.4, 0.5) is 16.2 Å². The third-order valence-electron chi connectivity index (χ3n) is 5.00. The first-order valence-electron chi connectivity index (χ1n) is 10.1. The number of amides is 4. The van der Waals surface area contributed by atoms with Crippen LogP contribution in [0.5, 0.6) is 5.75 Å². The van der Waals surface area contributed by atoms with E-state index in [0.717, 1.165) is 27.1 Å². The second kappa shape index (κ2) is 10.1. The van der Waals surface area contributed by atoms with E-state index in [2.05, 4.69) is 21.2 Å². The van der Waals surface area contributed by atoms with Crippen LogP contribution >= 0.6 is 27.5 Å². The fourth-order valence-electron chi connectivity index (χ4n) is 3.28. The highest BCUT2D eigenvalue weighted by molar-refractivity contribution is 9.10. The summed E-state index contributed by atoms with van der Waals surface area (Å²) in [5, 5.41) is 13.4. The summed E-state index contributed by atoms with van der Waals surface area (Å²) < 4.78 is 6.82. The van der Waals surface area contributed by atoms with Gasteiger partial charge in [0.1, 0.15) is 17.9 Å². The minimum atomic E-state index is -0.969. The van der Waals surface area contributed by atoms with Gasteiger partial charge in [-0.1, -0.05) is 39.7 Å². The first-order valence-corrected chi connectivity index (χ1v) is 11.2. The summed E-state index contributed by atoms with van der Waals surface area (Å²) in [6, 6.07) is 16.1. The fraction of sp³-hybridized carbons (Fsp3) is 0.0417. The van der Waals surface area contributed by atoms with Crippen molar-refractivity contribution in [2.45, 2.75) is 6.61 Å². The van der Waals surface area contributed by atoms with Crippen molar-refractivity contribution in [3.8, 4) is 5.75 Å². The maximum absolute atomic E-state index is 13.1. The first-order chi connectivity index (χ1) is 16.7. The smallest absolute Gasteiger partial charge is 0.335 e. The van der Waals surface area contributed by atoms with E-state index in [1.165, 1.54) is 24.3 Å². The number of nitro benzene ring substituents is 1. The normalized spacial score (nSPS) is 14.7. The number of hydrogen-bond donors (Lipinski definition) is 1. The quantitative estimate of drug-likeness (QED) is 0.192. The van der Waals surface area contributed by atoms with Gasteiger partial charge in [0.2, 0.25) is 0 Å². The van der Waals surface area contributed by atoms with Gasteiger partial charge < -0.3 is 4.74 Å². The Morgan fingerprint density at radius 2 is 1.71 bits per heavy atom. The molecule has 1 fully saturated rings. The number of halogens is 2. The minimum Gasteiger partial charge on any atom is -0.488 e. The number of carbonyl (C=O) groups excluding carboxylic acids is 3. The minimum absolute atomic E-state index is 0.0642. The predicted octanol–water partition coefficient (Wildman–Crippen LogP) is 5.26. The molecule has 1 saturated heterocycles. The number of nitro groups is 1. The van der Waals surface area contributed by atoms with Crippen LogP contribution in [-0.2, 0) is 16.2 Å². The van der Waals surface area contributed by atoms with Gasteiger partial charge in [-0.2, -0.15) is 0 Å². The first kappa shape index (κ1) is 24.1. The Morgan fingerprint density at radius 3 is 2.37 bits per heavy atom. The van der Waals surface area contributed by atoms with Crippen LogP contribution in [0, 0.1) is 10.1 Å². The summed E-state index contributed by atoms with van der Waals surface area (Å²) in [6.45, 7) is 0.221. The highest BCUT2D eigenvalue weighted by atomic mass is 79.9. The molecule has 1 aliphatic rings. The number of carbonyl (C=O) groups is 3. The van der Waals surface area contributed by atoms with Crippen LogP contribution in [0.15, 0.2) is 76.8 Å². The van der Waals surface area contributed by atoms with Crippen LogP contribution in [0.25, 0.3) is 6.08 Å². The molecule has 0 radical (unpaired) electrons. The Bertz CT molecular complexity index is 1370. The van der Waals surface area contributed by atoms with E-state index in [4.69, 9.17) is 16.3 Å².